The number of nitrogens with zero attached hydrogens (tertiary/aromatic N) is 3. The molecule has 30 heavy (non-hydrogen) atoms. The fourth-order valence-electron chi connectivity index (χ4n) is 3.92. The standard InChI is InChI=1S/C23H22N4O3/c1-5-15-12-24-27-20-17(10-13(2)11-18(20)22(28)26(4)21(15)27)14(3)25-19-9-7-6-8-16(19)23(29)30/h5-12,14,25H,1H2,2-4H3,(H,29,30). The Balaban J connectivity index is 1.98. The Morgan fingerprint density at radius 2 is 2.03 bits per heavy atom. The summed E-state index contributed by atoms with van der Waals surface area (Å²) in [6.07, 6.45) is 3.36. The molecule has 4 rings (SSSR count). The average Bonchev–Trinajstić information content (AvgIpc) is 3.15. The highest BCUT2D eigenvalue weighted by Gasteiger charge is 2.20. The van der Waals surface area contributed by atoms with E-state index in [1.165, 1.54) is 0 Å². The summed E-state index contributed by atoms with van der Waals surface area (Å²) in [6, 6.07) is 10.3. The van der Waals surface area contributed by atoms with E-state index in [1.54, 1.807) is 52.7 Å². The van der Waals surface area contributed by atoms with Gasteiger partial charge in [-0.2, -0.15) is 5.10 Å². The highest BCUT2D eigenvalue weighted by Crippen LogP contribution is 2.29. The number of aromatic carboxylic acids is 1. The normalized spacial score (nSPS) is 12.2. The number of carboxylic acid groups (broad SMARTS) is 1. The number of anilines is 1. The fraction of sp³-hybridized carbons (Fsp3) is 0.174. The first kappa shape index (κ1) is 19.4. The van der Waals surface area contributed by atoms with Gasteiger partial charge in [-0.3, -0.25) is 9.36 Å². The summed E-state index contributed by atoms with van der Waals surface area (Å²) in [5.41, 5.74) is 4.49. The number of aromatic nitrogens is 3. The second-order valence-electron chi connectivity index (χ2n) is 7.37. The predicted molar refractivity (Wildman–Crippen MR) is 118 cm³/mol. The number of fused-ring (bicyclic) bond motifs is 3. The molecule has 0 fully saturated rings. The molecule has 0 aliphatic heterocycles. The summed E-state index contributed by atoms with van der Waals surface area (Å²) in [5, 5.41) is 17.9. The number of carbonyl (C=O) groups is 1. The lowest BCUT2D eigenvalue weighted by molar-refractivity contribution is 0.0698. The molecule has 4 aromatic rings. The lowest BCUT2D eigenvalue weighted by atomic mass is 10.0. The Kier molecular flexibility index (Phi) is 4.66. The summed E-state index contributed by atoms with van der Waals surface area (Å²) in [7, 11) is 1.72. The largest absolute Gasteiger partial charge is 0.478 e. The summed E-state index contributed by atoms with van der Waals surface area (Å²) in [6.45, 7) is 7.69. The number of para-hydroxylation sites is 1. The van der Waals surface area contributed by atoms with Crippen molar-refractivity contribution in [1.29, 1.82) is 0 Å². The van der Waals surface area contributed by atoms with Crippen molar-refractivity contribution in [2.45, 2.75) is 19.9 Å². The van der Waals surface area contributed by atoms with Gasteiger partial charge in [-0.15, -0.1) is 0 Å². The summed E-state index contributed by atoms with van der Waals surface area (Å²) >= 11 is 0. The van der Waals surface area contributed by atoms with Crippen LogP contribution in [0.1, 0.15) is 40.0 Å². The van der Waals surface area contributed by atoms with Gasteiger partial charge in [0.25, 0.3) is 5.56 Å². The van der Waals surface area contributed by atoms with Gasteiger partial charge in [0, 0.05) is 23.9 Å². The van der Waals surface area contributed by atoms with Crippen molar-refractivity contribution in [2.24, 2.45) is 7.05 Å². The molecule has 0 radical (unpaired) electrons. The molecular formula is C23H22N4O3. The third-order valence-electron chi connectivity index (χ3n) is 5.34. The van der Waals surface area contributed by atoms with Crippen LogP contribution >= 0.6 is 0 Å². The van der Waals surface area contributed by atoms with Gasteiger partial charge in [0.2, 0.25) is 0 Å². The minimum atomic E-state index is -1.00. The van der Waals surface area contributed by atoms with Crippen molar-refractivity contribution in [1.82, 2.24) is 14.2 Å². The van der Waals surface area contributed by atoms with Gasteiger partial charge in [-0.25, -0.2) is 9.31 Å². The second-order valence-corrected chi connectivity index (χ2v) is 7.37. The van der Waals surface area contributed by atoms with E-state index in [4.69, 9.17) is 0 Å². The molecule has 0 bridgehead atoms. The van der Waals surface area contributed by atoms with Crippen LogP contribution in [0.25, 0.3) is 22.6 Å². The van der Waals surface area contributed by atoms with Crippen LogP contribution in [0.15, 0.2) is 54.0 Å². The van der Waals surface area contributed by atoms with E-state index >= 15 is 0 Å². The molecule has 0 aliphatic carbocycles. The Hall–Kier alpha value is -3.87. The Morgan fingerprint density at radius 3 is 2.73 bits per heavy atom. The van der Waals surface area contributed by atoms with Crippen molar-refractivity contribution >= 4 is 34.3 Å². The van der Waals surface area contributed by atoms with Crippen molar-refractivity contribution in [2.75, 3.05) is 5.32 Å². The Labute approximate surface area is 172 Å². The molecule has 2 heterocycles. The summed E-state index contributed by atoms with van der Waals surface area (Å²) in [4.78, 5) is 24.7. The Morgan fingerprint density at radius 1 is 1.30 bits per heavy atom. The number of benzene rings is 2. The Bertz CT molecular complexity index is 1380. The molecule has 0 spiro atoms. The predicted octanol–water partition coefficient (Wildman–Crippen LogP) is 4.01. The van der Waals surface area contributed by atoms with Gasteiger partial charge < -0.3 is 10.4 Å². The molecule has 2 aromatic heterocycles. The number of rotatable bonds is 5. The van der Waals surface area contributed by atoms with Gasteiger partial charge >= 0.3 is 5.97 Å². The quantitative estimate of drug-likeness (QED) is 0.527. The van der Waals surface area contributed by atoms with Crippen molar-refractivity contribution in [3.05, 3.63) is 81.8 Å². The molecular weight excluding hydrogens is 380 g/mol. The smallest absolute Gasteiger partial charge is 0.337 e. The van der Waals surface area contributed by atoms with E-state index in [2.05, 4.69) is 17.0 Å². The van der Waals surface area contributed by atoms with Gasteiger partial charge in [-0.05, 0) is 37.6 Å². The first-order valence-electron chi connectivity index (χ1n) is 9.55. The lowest BCUT2D eigenvalue weighted by Gasteiger charge is -2.20. The molecule has 1 unspecified atom stereocenters. The maximum absolute atomic E-state index is 13.1. The molecule has 0 saturated heterocycles. The maximum Gasteiger partial charge on any atom is 0.337 e. The average molecular weight is 402 g/mol. The van der Waals surface area contributed by atoms with E-state index in [0.717, 1.165) is 16.7 Å². The first-order valence-corrected chi connectivity index (χ1v) is 9.55. The first-order chi connectivity index (χ1) is 14.3. The van der Waals surface area contributed by atoms with Crippen LogP contribution < -0.4 is 10.9 Å². The minimum Gasteiger partial charge on any atom is -0.478 e. The number of nitrogens with one attached hydrogen (secondary N) is 1. The maximum atomic E-state index is 13.1. The zero-order valence-electron chi connectivity index (χ0n) is 17.0. The monoisotopic (exact) mass is 402 g/mol. The van der Waals surface area contributed by atoms with E-state index in [0.29, 0.717) is 22.2 Å². The van der Waals surface area contributed by atoms with E-state index in [-0.39, 0.29) is 17.2 Å². The zero-order valence-corrected chi connectivity index (χ0v) is 17.0. The molecule has 1 atom stereocenters. The van der Waals surface area contributed by atoms with Crippen LogP contribution in [0.5, 0.6) is 0 Å². The van der Waals surface area contributed by atoms with Crippen LogP contribution in [0.2, 0.25) is 0 Å². The fourth-order valence-corrected chi connectivity index (χ4v) is 3.92. The third kappa shape index (κ3) is 2.95. The summed E-state index contributed by atoms with van der Waals surface area (Å²) < 4.78 is 3.33. The van der Waals surface area contributed by atoms with E-state index in [1.807, 2.05) is 26.0 Å². The second kappa shape index (κ2) is 7.18. The minimum absolute atomic E-state index is 0.121. The van der Waals surface area contributed by atoms with Crippen LogP contribution in [0.4, 0.5) is 5.69 Å². The van der Waals surface area contributed by atoms with Gasteiger partial charge in [-0.1, -0.05) is 30.9 Å². The van der Waals surface area contributed by atoms with Crippen LogP contribution in [-0.2, 0) is 7.05 Å². The zero-order chi connectivity index (χ0) is 21.6. The topological polar surface area (TPSA) is 88.6 Å². The molecule has 0 amide bonds. The molecule has 2 N–H and O–H groups in total. The molecule has 2 aromatic carbocycles. The molecule has 7 nitrogen and oxygen atoms in total. The van der Waals surface area contributed by atoms with Gasteiger partial charge in [0.1, 0.15) is 5.65 Å². The summed E-state index contributed by atoms with van der Waals surface area (Å²) in [5.74, 6) is -1.00. The molecule has 7 heteroatoms. The molecule has 0 aliphatic rings. The SMILES string of the molecule is C=Cc1cnn2c3c(C(C)Nc4ccccc4C(=O)O)cc(C)cc3c(=O)n(C)c12. The lowest BCUT2D eigenvalue weighted by Crippen LogP contribution is -2.22. The van der Waals surface area contributed by atoms with E-state index in [9.17, 15) is 14.7 Å². The highest BCUT2D eigenvalue weighted by molar-refractivity contribution is 5.94. The van der Waals surface area contributed by atoms with Gasteiger partial charge in [0.05, 0.1) is 28.7 Å². The van der Waals surface area contributed by atoms with Crippen LogP contribution in [0, 0.1) is 6.92 Å². The number of carboxylic acids is 1. The van der Waals surface area contributed by atoms with Gasteiger partial charge in [0.15, 0.2) is 0 Å². The highest BCUT2D eigenvalue weighted by atomic mass is 16.4. The van der Waals surface area contributed by atoms with Crippen LogP contribution in [-0.4, -0.2) is 25.3 Å². The van der Waals surface area contributed by atoms with Crippen molar-refractivity contribution < 1.29 is 9.90 Å². The van der Waals surface area contributed by atoms with Crippen molar-refractivity contribution in [3.8, 4) is 0 Å². The van der Waals surface area contributed by atoms with Crippen molar-refractivity contribution in [3.63, 3.8) is 0 Å². The molecule has 0 saturated carbocycles. The number of hydrogen-bond donors (Lipinski definition) is 2. The molecule has 152 valence electrons. The van der Waals surface area contributed by atoms with E-state index < -0.39 is 5.97 Å². The number of aryl methyl sites for hydroxylation is 2. The van der Waals surface area contributed by atoms with Crippen LogP contribution in [0.3, 0.4) is 0 Å². The third-order valence-corrected chi connectivity index (χ3v) is 5.34. The number of hydrogen-bond acceptors (Lipinski definition) is 4.